The summed E-state index contributed by atoms with van der Waals surface area (Å²) in [5.41, 5.74) is 2.42. The fourth-order valence-corrected chi connectivity index (χ4v) is 4.43. The number of likely N-dealkylation sites (N-methyl/N-ethyl adjacent to an activating group) is 1. The average Bonchev–Trinajstić information content (AvgIpc) is 3.28. The van der Waals surface area contributed by atoms with Gasteiger partial charge in [0.15, 0.2) is 0 Å². The maximum absolute atomic E-state index is 12.9. The molecule has 0 radical (unpaired) electrons. The topological polar surface area (TPSA) is 85.9 Å². The number of hydrogen-bond acceptors (Lipinski definition) is 5. The Balaban J connectivity index is 1.27. The highest BCUT2D eigenvalue weighted by Gasteiger charge is 2.24. The summed E-state index contributed by atoms with van der Waals surface area (Å²) in [6.45, 7) is 8.26. The van der Waals surface area contributed by atoms with E-state index in [1.54, 1.807) is 29.2 Å². The van der Waals surface area contributed by atoms with Gasteiger partial charge in [0.25, 0.3) is 5.91 Å². The molecule has 8 heteroatoms. The first kappa shape index (κ1) is 24.5. The lowest BCUT2D eigenvalue weighted by molar-refractivity contribution is -0.134. The van der Waals surface area contributed by atoms with Crippen molar-refractivity contribution in [2.24, 2.45) is 0 Å². The lowest BCUT2D eigenvalue weighted by Gasteiger charge is -2.35. The van der Waals surface area contributed by atoms with Gasteiger partial charge >= 0.3 is 5.97 Å². The van der Waals surface area contributed by atoms with Gasteiger partial charge in [0, 0.05) is 61.9 Å². The van der Waals surface area contributed by atoms with Crippen LogP contribution in [-0.4, -0.2) is 83.3 Å². The van der Waals surface area contributed by atoms with Crippen molar-refractivity contribution in [1.82, 2.24) is 19.7 Å². The number of nitrogens with zero attached hydrogens (tertiary/aromatic N) is 3. The lowest BCUT2D eigenvalue weighted by atomic mass is 10.1. The zero-order valence-electron chi connectivity index (χ0n) is 20.3. The Morgan fingerprint density at radius 1 is 0.943 bits per heavy atom. The quantitative estimate of drug-likeness (QED) is 0.399. The minimum Gasteiger partial charge on any atom is -0.426 e. The number of aromatic amines is 1. The van der Waals surface area contributed by atoms with Gasteiger partial charge in [-0.3, -0.25) is 19.3 Å². The molecule has 0 saturated carbocycles. The number of hydrogen-bond donors (Lipinski definition) is 1. The Morgan fingerprint density at radius 3 is 2.31 bits per heavy atom. The molecule has 0 spiro atoms. The van der Waals surface area contributed by atoms with E-state index in [0.717, 1.165) is 16.5 Å². The van der Waals surface area contributed by atoms with Crippen LogP contribution >= 0.6 is 0 Å². The number of aromatic nitrogens is 1. The second kappa shape index (κ2) is 11.2. The van der Waals surface area contributed by atoms with Crippen LogP contribution in [0.15, 0.2) is 54.7 Å². The van der Waals surface area contributed by atoms with Gasteiger partial charge in [-0.15, -0.1) is 0 Å². The zero-order chi connectivity index (χ0) is 24.8. The molecule has 0 atom stereocenters. The summed E-state index contributed by atoms with van der Waals surface area (Å²) in [5.74, 6) is 0.122. The van der Waals surface area contributed by atoms with Gasteiger partial charge in [-0.1, -0.05) is 18.2 Å². The van der Waals surface area contributed by atoms with E-state index in [2.05, 4.69) is 9.88 Å². The molecule has 3 aromatic rings. The molecule has 35 heavy (non-hydrogen) atoms. The third-order valence-corrected chi connectivity index (χ3v) is 6.48. The highest BCUT2D eigenvalue weighted by atomic mass is 16.5. The van der Waals surface area contributed by atoms with Gasteiger partial charge in [0.1, 0.15) is 5.75 Å². The Labute approximate surface area is 205 Å². The van der Waals surface area contributed by atoms with Crippen molar-refractivity contribution >= 4 is 28.7 Å². The minimum atomic E-state index is -0.357. The number of nitrogens with one attached hydrogen (secondary N) is 1. The predicted octanol–water partition coefficient (Wildman–Crippen LogP) is 2.94. The van der Waals surface area contributed by atoms with Crippen molar-refractivity contribution in [3.05, 3.63) is 65.9 Å². The van der Waals surface area contributed by atoms with Crippen LogP contribution < -0.4 is 4.74 Å². The van der Waals surface area contributed by atoms with Crippen LogP contribution in [0.2, 0.25) is 0 Å². The van der Waals surface area contributed by atoms with Crippen LogP contribution in [0.25, 0.3) is 10.9 Å². The molecule has 1 saturated heterocycles. The number of rotatable bonds is 8. The van der Waals surface area contributed by atoms with Gasteiger partial charge < -0.3 is 19.5 Å². The first-order valence-electron chi connectivity index (χ1n) is 12.1. The summed E-state index contributed by atoms with van der Waals surface area (Å²) in [4.78, 5) is 46.6. The summed E-state index contributed by atoms with van der Waals surface area (Å²) in [6, 6.07) is 14.5. The van der Waals surface area contributed by atoms with E-state index >= 15 is 0 Å². The Bertz CT molecular complexity index is 1180. The minimum absolute atomic E-state index is 0.0589. The zero-order valence-corrected chi connectivity index (χ0v) is 20.3. The number of H-pyrrole nitrogens is 1. The number of amides is 2. The van der Waals surface area contributed by atoms with Crippen molar-refractivity contribution in [2.75, 3.05) is 45.8 Å². The number of esters is 1. The van der Waals surface area contributed by atoms with E-state index in [9.17, 15) is 14.4 Å². The van der Waals surface area contributed by atoms with Gasteiger partial charge in [-0.05, 0) is 49.7 Å². The Morgan fingerprint density at radius 2 is 1.63 bits per heavy atom. The van der Waals surface area contributed by atoms with Crippen LogP contribution in [0.5, 0.6) is 5.75 Å². The van der Waals surface area contributed by atoms with Crippen molar-refractivity contribution in [2.45, 2.75) is 20.3 Å². The molecule has 8 nitrogen and oxygen atoms in total. The number of carbonyl (C=O) groups is 3. The monoisotopic (exact) mass is 476 g/mol. The molecule has 0 unspecified atom stereocenters. The van der Waals surface area contributed by atoms with Gasteiger partial charge in [0.2, 0.25) is 5.91 Å². The molecular weight excluding hydrogens is 444 g/mol. The maximum atomic E-state index is 12.9. The fourth-order valence-electron chi connectivity index (χ4n) is 4.43. The second-order valence-electron chi connectivity index (χ2n) is 8.67. The van der Waals surface area contributed by atoms with Crippen molar-refractivity contribution in [3.8, 4) is 5.75 Å². The maximum Gasteiger partial charge on any atom is 0.315 e. The number of benzene rings is 2. The fraction of sp³-hybridized carbons (Fsp3) is 0.370. The molecule has 1 aromatic heterocycles. The van der Waals surface area contributed by atoms with E-state index in [4.69, 9.17) is 4.74 Å². The lowest BCUT2D eigenvalue weighted by Crippen LogP contribution is -2.51. The van der Waals surface area contributed by atoms with Crippen molar-refractivity contribution < 1.29 is 19.1 Å². The first-order chi connectivity index (χ1) is 17.0. The largest absolute Gasteiger partial charge is 0.426 e. The summed E-state index contributed by atoms with van der Waals surface area (Å²) in [5, 5.41) is 1.00. The number of para-hydroxylation sites is 1. The summed E-state index contributed by atoms with van der Waals surface area (Å²) < 4.78 is 5.49. The molecule has 4 rings (SSSR count). The number of piperazine rings is 1. The predicted molar refractivity (Wildman–Crippen MR) is 134 cm³/mol. The summed E-state index contributed by atoms with van der Waals surface area (Å²) >= 11 is 0. The smallest absolute Gasteiger partial charge is 0.315 e. The van der Waals surface area contributed by atoms with E-state index in [0.29, 0.717) is 57.1 Å². The molecule has 184 valence electrons. The van der Waals surface area contributed by atoms with E-state index in [1.807, 2.05) is 49.2 Å². The standard InChI is InChI=1S/C27H32N4O4/c1-3-30(4-2)25(32)19-29-13-15-31(16-14-29)27(34)20-9-11-22(12-10-20)35-26(33)17-21-18-28-24-8-6-5-7-23(21)24/h5-12,18,28H,3-4,13-17,19H2,1-2H3. The molecule has 2 amide bonds. The summed E-state index contributed by atoms with van der Waals surface area (Å²) in [6.07, 6.45) is 1.98. The van der Waals surface area contributed by atoms with Crippen molar-refractivity contribution in [1.29, 1.82) is 0 Å². The van der Waals surface area contributed by atoms with Gasteiger partial charge in [-0.25, -0.2) is 0 Å². The molecule has 2 heterocycles. The van der Waals surface area contributed by atoms with Crippen LogP contribution in [0.3, 0.4) is 0 Å². The molecule has 2 aromatic carbocycles. The molecule has 0 aliphatic carbocycles. The van der Waals surface area contributed by atoms with Crippen LogP contribution in [0.1, 0.15) is 29.8 Å². The molecule has 1 N–H and O–H groups in total. The molecule has 0 bridgehead atoms. The number of carbonyl (C=O) groups excluding carboxylic acids is 3. The first-order valence-corrected chi connectivity index (χ1v) is 12.1. The van der Waals surface area contributed by atoms with Crippen LogP contribution in [0, 0.1) is 0 Å². The molecule has 1 aliphatic rings. The highest BCUT2D eigenvalue weighted by Crippen LogP contribution is 2.20. The highest BCUT2D eigenvalue weighted by molar-refractivity contribution is 5.94. The van der Waals surface area contributed by atoms with Crippen LogP contribution in [-0.2, 0) is 16.0 Å². The van der Waals surface area contributed by atoms with E-state index < -0.39 is 0 Å². The average molecular weight is 477 g/mol. The van der Waals surface area contributed by atoms with Crippen molar-refractivity contribution in [3.63, 3.8) is 0 Å². The van der Waals surface area contributed by atoms with Gasteiger partial charge in [-0.2, -0.15) is 0 Å². The van der Waals surface area contributed by atoms with E-state index in [1.165, 1.54) is 0 Å². The number of fused-ring (bicyclic) bond motifs is 1. The third-order valence-electron chi connectivity index (χ3n) is 6.48. The van der Waals surface area contributed by atoms with Crippen LogP contribution in [0.4, 0.5) is 0 Å². The Hall–Kier alpha value is -3.65. The molecular formula is C27H32N4O4. The SMILES string of the molecule is CCN(CC)C(=O)CN1CCN(C(=O)c2ccc(OC(=O)Cc3c[nH]c4ccccc34)cc2)CC1. The molecule has 1 aliphatic heterocycles. The summed E-state index contributed by atoms with van der Waals surface area (Å²) in [7, 11) is 0. The third kappa shape index (κ3) is 5.89. The molecule has 1 fully saturated rings. The Kier molecular flexibility index (Phi) is 7.82. The normalized spacial score (nSPS) is 14.2. The second-order valence-corrected chi connectivity index (χ2v) is 8.67. The number of ether oxygens (including phenoxy) is 1. The van der Waals surface area contributed by atoms with Gasteiger partial charge in [0.05, 0.1) is 13.0 Å². The van der Waals surface area contributed by atoms with E-state index in [-0.39, 0.29) is 24.2 Å².